The number of hydrogen-bond acceptors (Lipinski definition) is 2. The predicted molar refractivity (Wildman–Crippen MR) is 99.6 cm³/mol. The van der Waals surface area contributed by atoms with Gasteiger partial charge in [-0.2, -0.15) is 0 Å². The lowest BCUT2D eigenvalue weighted by molar-refractivity contribution is -0.885. The minimum atomic E-state index is -0.347. The van der Waals surface area contributed by atoms with E-state index in [0.29, 0.717) is 17.3 Å². The molecule has 1 unspecified atom stereocenters. The fourth-order valence-corrected chi connectivity index (χ4v) is 2.51. The third-order valence-corrected chi connectivity index (χ3v) is 4.36. The molecule has 0 heterocycles. The number of carbonyl (C=O) groups is 2. The van der Waals surface area contributed by atoms with Crippen molar-refractivity contribution in [3.05, 3.63) is 65.2 Å². The summed E-state index contributed by atoms with van der Waals surface area (Å²) in [6, 6.07) is 16.4. The number of carbonyl (C=O) groups excluding carboxylic acids is 2. The van der Waals surface area contributed by atoms with E-state index in [1.165, 1.54) is 0 Å². The lowest BCUT2D eigenvalue weighted by Gasteiger charge is -2.20. The standard InChI is InChI=1S/C19H22ClN3O2/c1-14(19(25)21-12-15-8-4-3-5-9-15)23(2)13-18(24)22-17-11-7-6-10-16(17)20/h3-11,14H,12-13H2,1-2H3,(H,21,25)(H,22,24)/p+1/t14-/m1/s1. The smallest absolute Gasteiger partial charge is 0.279 e. The number of likely N-dealkylation sites (N-methyl/N-ethyl adjacent to an activating group) is 1. The molecule has 6 heteroatoms. The van der Waals surface area contributed by atoms with Gasteiger partial charge in [0.2, 0.25) is 0 Å². The Bertz CT molecular complexity index is 722. The quantitative estimate of drug-likeness (QED) is 0.700. The fraction of sp³-hybridized carbons (Fsp3) is 0.263. The average molecular weight is 361 g/mol. The van der Waals surface area contributed by atoms with Crippen LogP contribution in [0.4, 0.5) is 5.69 Å². The van der Waals surface area contributed by atoms with Crippen molar-refractivity contribution >= 4 is 29.1 Å². The van der Waals surface area contributed by atoms with Crippen LogP contribution < -0.4 is 15.5 Å². The maximum atomic E-state index is 12.3. The van der Waals surface area contributed by atoms with E-state index in [2.05, 4.69) is 10.6 Å². The van der Waals surface area contributed by atoms with Gasteiger partial charge in [-0.05, 0) is 24.6 Å². The molecule has 0 fully saturated rings. The Morgan fingerprint density at radius 1 is 1.08 bits per heavy atom. The van der Waals surface area contributed by atoms with Crippen molar-refractivity contribution in [1.29, 1.82) is 0 Å². The van der Waals surface area contributed by atoms with Crippen LogP contribution in [-0.2, 0) is 16.1 Å². The SMILES string of the molecule is C[C@H](C(=O)NCc1ccccc1)[NH+](C)CC(=O)Nc1ccccc1Cl. The maximum Gasteiger partial charge on any atom is 0.279 e. The highest BCUT2D eigenvalue weighted by molar-refractivity contribution is 6.33. The van der Waals surface area contributed by atoms with Crippen molar-refractivity contribution in [3.63, 3.8) is 0 Å². The van der Waals surface area contributed by atoms with E-state index >= 15 is 0 Å². The maximum absolute atomic E-state index is 12.3. The Labute approximate surface area is 153 Å². The van der Waals surface area contributed by atoms with Crippen molar-refractivity contribution in [2.45, 2.75) is 19.5 Å². The van der Waals surface area contributed by atoms with Crippen molar-refractivity contribution in [2.75, 3.05) is 18.9 Å². The monoisotopic (exact) mass is 360 g/mol. The van der Waals surface area contributed by atoms with Crippen LogP contribution in [0, 0.1) is 0 Å². The largest absolute Gasteiger partial charge is 0.347 e. The summed E-state index contributed by atoms with van der Waals surface area (Å²) in [6.07, 6.45) is 0. The van der Waals surface area contributed by atoms with Gasteiger partial charge in [0.15, 0.2) is 12.6 Å². The van der Waals surface area contributed by atoms with Crippen LogP contribution in [0.5, 0.6) is 0 Å². The van der Waals surface area contributed by atoms with Crippen LogP contribution >= 0.6 is 11.6 Å². The summed E-state index contributed by atoms with van der Waals surface area (Å²) in [4.78, 5) is 25.2. The van der Waals surface area contributed by atoms with Crippen molar-refractivity contribution in [1.82, 2.24) is 5.32 Å². The Kier molecular flexibility index (Phi) is 6.98. The molecule has 0 spiro atoms. The van der Waals surface area contributed by atoms with Gasteiger partial charge in [0.05, 0.1) is 17.8 Å². The summed E-state index contributed by atoms with van der Waals surface area (Å²) in [5.41, 5.74) is 1.61. The van der Waals surface area contributed by atoms with Crippen LogP contribution in [-0.4, -0.2) is 31.4 Å². The Morgan fingerprint density at radius 3 is 2.40 bits per heavy atom. The molecule has 0 aliphatic carbocycles. The molecule has 2 aromatic rings. The topological polar surface area (TPSA) is 62.6 Å². The van der Waals surface area contributed by atoms with Crippen LogP contribution in [0.15, 0.2) is 54.6 Å². The molecule has 25 heavy (non-hydrogen) atoms. The highest BCUT2D eigenvalue weighted by Crippen LogP contribution is 2.19. The number of rotatable bonds is 7. The van der Waals surface area contributed by atoms with Crippen molar-refractivity contribution < 1.29 is 14.5 Å². The molecular weight excluding hydrogens is 338 g/mol. The molecule has 0 saturated carbocycles. The molecule has 3 N–H and O–H groups in total. The number of para-hydroxylation sites is 1. The molecule has 0 aromatic heterocycles. The number of halogens is 1. The zero-order valence-electron chi connectivity index (χ0n) is 14.4. The average Bonchev–Trinajstić information content (AvgIpc) is 2.61. The second-order valence-corrected chi connectivity index (χ2v) is 6.38. The molecule has 0 bridgehead atoms. The molecule has 2 amide bonds. The fourth-order valence-electron chi connectivity index (χ4n) is 2.33. The van der Waals surface area contributed by atoms with Crippen molar-refractivity contribution in [2.24, 2.45) is 0 Å². The Hall–Kier alpha value is -2.37. The van der Waals surface area contributed by atoms with E-state index in [1.54, 1.807) is 31.2 Å². The molecule has 132 valence electrons. The van der Waals surface area contributed by atoms with Gasteiger partial charge in [-0.3, -0.25) is 9.59 Å². The normalized spacial score (nSPS) is 12.9. The highest BCUT2D eigenvalue weighted by Gasteiger charge is 2.23. The lowest BCUT2D eigenvalue weighted by Crippen LogP contribution is -3.15. The minimum Gasteiger partial charge on any atom is -0.347 e. The Morgan fingerprint density at radius 2 is 1.72 bits per heavy atom. The molecule has 5 nitrogen and oxygen atoms in total. The number of anilines is 1. The molecule has 2 atom stereocenters. The molecule has 2 aromatic carbocycles. The van der Waals surface area contributed by atoms with E-state index < -0.39 is 0 Å². The number of hydrogen-bond donors (Lipinski definition) is 3. The first-order valence-corrected chi connectivity index (χ1v) is 8.53. The summed E-state index contributed by atoms with van der Waals surface area (Å²) in [7, 11) is 1.82. The van der Waals surface area contributed by atoms with Gasteiger partial charge in [-0.1, -0.05) is 54.1 Å². The summed E-state index contributed by atoms with van der Waals surface area (Å²) >= 11 is 6.03. The first-order chi connectivity index (χ1) is 12.0. The molecule has 0 aliphatic rings. The van der Waals surface area contributed by atoms with Gasteiger partial charge >= 0.3 is 0 Å². The van der Waals surface area contributed by atoms with Gasteiger partial charge in [-0.25, -0.2) is 0 Å². The molecule has 0 radical (unpaired) electrons. The first-order valence-electron chi connectivity index (χ1n) is 8.15. The summed E-state index contributed by atoms with van der Waals surface area (Å²) in [5, 5.41) is 6.16. The zero-order valence-corrected chi connectivity index (χ0v) is 15.1. The third-order valence-electron chi connectivity index (χ3n) is 4.03. The van der Waals surface area contributed by atoms with E-state index in [-0.39, 0.29) is 24.4 Å². The van der Waals surface area contributed by atoms with Crippen LogP contribution in [0.3, 0.4) is 0 Å². The van der Waals surface area contributed by atoms with Gasteiger partial charge in [0, 0.05) is 6.54 Å². The van der Waals surface area contributed by atoms with E-state index in [0.717, 1.165) is 10.5 Å². The second kappa shape index (κ2) is 9.20. The number of nitrogens with one attached hydrogen (secondary N) is 3. The number of amides is 2. The van der Waals surface area contributed by atoms with Crippen LogP contribution in [0.25, 0.3) is 0 Å². The third kappa shape index (κ3) is 5.89. The van der Waals surface area contributed by atoms with E-state index in [9.17, 15) is 9.59 Å². The van der Waals surface area contributed by atoms with Gasteiger partial charge in [0.25, 0.3) is 11.8 Å². The van der Waals surface area contributed by atoms with E-state index in [4.69, 9.17) is 11.6 Å². The summed E-state index contributed by atoms with van der Waals surface area (Å²) in [5.74, 6) is -0.278. The Balaban J connectivity index is 1.82. The molecular formula is C19H23ClN3O2+. The second-order valence-electron chi connectivity index (χ2n) is 5.98. The summed E-state index contributed by atoms with van der Waals surface area (Å²) < 4.78 is 0. The van der Waals surface area contributed by atoms with E-state index in [1.807, 2.05) is 37.4 Å². The zero-order chi connectivity index (χ0) is 18.2. The number of benzene rings is 2. The minimum absolute atomic E-state index is 0.0908. The molecule has 0 saturated heterocycles. The van der Waals surface area contributed by atoms with Gasteiger partial charge < -0.3 is 15.5 Å². The predicted octanol–water partition coefficient (Wildman–Crippen LogP) is 1.50. The van der Waals surface area contributed by atoms with Crippen LogP contribution in [0.2, 0.25) is 5.02 Å². The lowest BCUT2D eigenvalue weighted by atomic mass is 10.2. The highest BCUT2D eigenvalue weighted by atomic mass is 35.5. The molecule has 2 rings (SSSR count). The van der Waals surface area contributed by atoms with Crippen molar-refractivity contribution in [3.8, 4) is 0 Å². The first kappa shape index (κ1) is 19.0. The van der Waals surface area contributed by atoms with Gasteiger partial charge in [-0.15, -0.1) is 0 Å². The van der Waals surface area contributed by atoms with Gasteiger partial charge in [0.1, 0.15) is 0 Å². The summed E-state index contributed by atoms with van der Waals surface area (Å²) in [6.45, 7) is 2.45. The van der Waals surface area contributed by atoms with Crippen LogP contribution in [0.1, 0.15) is 12.5 Å². The number of quaternary nitrogens is 1. The molecule has 0 aliphatic heterocycles.